The number of amides is 1. The van der Waals surface area contributed by atoms with Crippen LogP contribution in [-0.2, 0) is 6.54 Å². The predicted octanol–water partition coefficient (Wildman–Crippen LogP) is 6.89. The van der Waals surface area contributed by atoms with E-state index in [0.29, 0.717) is 6.54 Å². The van der Waals surface area contributed by atoms with Crippen LogP contribution in [0.3, 0.4) is 0 Å². The summed E-state index contributed by atoms with van der Waals surface area (Å²) in [5.41, 5.74) is 9.55. The molecule has 2 aromatic heterocycles. The number of aryl methyl sites for hydroxylation is 1. The molecule has 0 unspecified atom stereocenters. The molecule has 1 amide bonds. The van der Waals surface area contributed by atoms with Crippen LogP contribution in [0.2, 0.25) is 0 Å². The van der Waals surface area contributed by atoms with E-state index in [2.05, 4.69) is 34.7 Å². The van der Waals surface area contributed by atoms with Crippen LogP contribution < -0.4 is 15.5 Å². The average molecular weight is 472 g/mol. The van der Waals surface area contributed by atoms with Crippen molar-refractivity contribution in [2.24, 2.45) is 0 Å². The van der Waals surface area contributed by atoms with Crippen LogP contribution in [0.4, 0.5) is 28.4 Å². The summed E-state index contributed by atoms with van der Waals surface area (Å²) in [4.78, 5) is 23.9. The number of hydrogen-bond acceptors (Lipinski definition) is 5. The van der Waals surface area contributed by atoms with Gasteiger partial charge in [-0.1, -0.05) is 24.3 Å². The molecule has 1 aliphatic heterocycles. The number of benzene rings is 3. The lowest BCUT2D eigenvalue weighted by atomic mass is 10.1. The van der Waals surface area contributed by atoms with Crippen LogP contribution in [0.25, 0.3) is 10.9 Å². The van der Waals surface area contributed by atoms with Crippen LogP contribution >= 0.6 is 0 Å². The Morgan fingerprint density at radius 3 is 2.47 bits per heavy atom. The maximum Gasteiger partial charge on any atom is 0.258 e. The van der Waals surface area contributed by atoms with Crippen molar-refractivity contribution in [2.45, 2.75) is 20.4 Å². The van der Waals surface area contributed by atoms with Gasteiger partial charge in [-0.3, -0.25) is 14.8 Å². The fraction of sp³-hybridized carbons (Fsp3) is 0.100. The van der Waals surface area contributed by atoms with E-state index >= 15 is 0 Å². The van der Waals surface area contributed by atoms with Gasteiger partial charge in [-0.2, -0.15) is 0 Å². The first-order chi connectivity index (χ1) is 17.6. The third kappa shape index (κ3) is 3.92. The lowest BCUT2D eigenvalue weighted by molar-refractivity contribution is 0.0996. The fourth-order valence-corrected chi connectivity index (χ4v) is 4.70. The quantitative estimate of drug-likeness (QED) is 0.292. The van der Waals surface area contributed by atoms with Crippen LogP contribution in [0.5, 0.6) is 0 Å². The lowest BCUT2D eigenvalue weighted by Gasteiger charge is -2.17. The second-order valence-electron chi connectivity index (χ2n) is 9.01. The monoisotopic (exact) mass is 471 g/mol. The highest BCUT2D eigenvalue weighted by Gasteiger charge is 2.29. The first kappa shape index (κ1) is 21.8. The minimum Gasteiger partial charge on any atom is -0.355 e. The molecule has 176 valence electrons. The van der Waals surface area contributed by atoms with Crippen molar-refractivity contribution in [3.8, 4) is 0 Å². The Hall–Kier alpha value is -4.71. The third-order valence-electron chi connectivity index (χ3n) is 6.68. The van der Waals surface area contributed by atoms with E-state index in [-0.39, 0.29) is 5.91 Å². The summed E-state index contributed by atoms with van der Waals surface area (Å²) in [5, 5.41) is 8.06. The summed E-state index contributed by atoms with van der Waals surface area (Å²) >= 11 is 0. The Balaban J connectivity index is 1.28. The van der Waals surface area contributed by atoms with Gasteiger partial charge in [0.15, 0.2) is 0 Å². The van der Waals surface area contributed by atoms with Crippen molar-refractivity contribution in [1.82, 2.24) is 9.97 Å². The Morgan fingerprint density at radius 1 is 0.806 bits per heavy atom. The van der Waals surface area contributed by atoms with Gasteiger partial charge in [0.1, 0.15) is 0 Å². The number of fused-ring (bicyclic) bond motifs is 2. The van der Waals surface area contributed by atoms with E-state index in [0.717, 1.165) is 61.7 Å². The van der Waals surface area contributed by atoms with Gasteiger partial charge in [-0.15, -0.1) is 0 Å². The molecule has 6 nitrogen and oxygen atoms in total. The number of carbonyl (C=O) groups excluding carboxylic acids is 1. The topological polar surface area (TPSA) is 70.2 Å². The molecule has 0 spiro atoms. The zero-order chi connectivity index (χ0) is 24.6. The first-order valence-electron chi connectivity index (χ1n) is 11.9. The summed E-state index contributed by atoms with van der Waals surface area (Å²) in [6, 6.07) is 25.9. The molecular weight excluding hydrogens is 446 g/mol. The number of pyridine rings is 2. The van der Waals surface area contributed by atoms with E-state index in [9.17, 15) is 4.79 Å². The largest absolute Gasteiger partial charge is 0.355 e. The van der Waals surface area contributed by atoms with E-state index in [1.807, 2.05) is 78.6 Å². The molecule has 1 aliphatic rings. The van der Waals surface area contributed by atoms with Crippen LogP contribution in [0.15, 0.2) is 91.3 Å². The molecule has 0 fully saturated rings. The molecule has 0 bridgehead atoms. The van der Waals surface area contributed by atoms with Crippen molar-refractivity contribution >= 4 is 45.2 Å². The molecule has 5 aromatic rings. The van der Waals surface area contributed by atoms with Crippen LogP contribution in [0, 0.1) is 13.8 Å². The van der Waals surface area contributed by atoms with Gasteiger partial charge in [0, 0.05) is 51.8 Å². The third-order valence-corrected chi connectivity index (χ3v) is 6.68. The first-order valence-corrected chi connectivity index (χ1v) is 11.9. The molecule has 0 aliphatic carbocycles. The van der Waals surface area contributed by atoms with Gasteiger partial charge >= 0.3 is 0 Å². The second-order valence-corrected chi connectivity index (χ2v) is 9.01. The average Bonchev–Trinajstić information content (AvgIpc) is 3.23. The Morgan fingerprint density at radius 2 is 1.61 bits per heavy atom. The molecule has 0 atom stereocenters. The number of carbonyl (C=O) groups is 1. The van der Waals surface area contributed by atoms with Crippen molar-refractivity contribution in [3.63, 3.8) is 0 Å². The summed E-state index contributed by atoms with van der Waals surface area (Å²) in [7, 11) is 0. The highest BCUT2D eigenvalue weighted by molar-refractivity contribution is 6.10. The molecule has 2 N–H and O–H groups in total. The van der Waals surface area contributed by atoms with Crippen LogP contribution in [-0.4, -0.2) is 15.9 Å². The highest BCUT2D eigenvalue weighted by atomic mass is 16.2. The molecule has 3 aromatic carbocycles. The van der Waals surface area contributed by atoms with Gasteiger partial charge in [0.25, 0.3) is 5.91 Å². The molecule has 0 saturated heterocycles. The van der Waals surface area contributed by atoms with E-state index in [4.69, 9.17) is 4.98 Å². The normalized spacial score (nSPS) is 12.6. The summed E-state index contributed by atoms with van der Waals surface area (Å²) in [5.74, 6) is 0.0130. The minimum absolute atomic E-state index is 0.0130. The number of aromatic nitrogens is 2. The smallest absolute Gasteiger partial charge is 0.258 e. The number of para-hydroxylation sites is 1. The molecular formula is C30H25N5O. The number of nitrogens with zero attached hydrogens (tertiary/aromatic N) is 3. The van der Waals surface area contributed by atoms with Crippen molar-refractivity contribution in [1.29, 1.82) is 0 Å². The predicted molar refractivity (Wildman–Crippen MR) is 145 cm³/mol. The number of anilines is 5. The minimum atomic E-state index is 0.0130. The Bertz CT molecular complexity index is 1610. The summed E-state index contributed by atoms with van der Waals surface area (Å²) in [6.07, 6.45) is 3.49. The second kappa shape index (κ2) is 8.82. The standard InChI is InChI=1S/C30H25N5O/c1-19-20(2)32-28-9-4-3-8-27(28)29(19)34-24-10-11-26-21(16-24)18-35(30(26)36)25-7-5-6-23(17-25)33-22-12-14-31-15-13-22/h3-17H,18H2,1-2H3,(H,31,33)(H,32,34). The Labute approximate surface area is 209 Å². The molecule has 6 rings (SSSR count). The van der Waals surface area contributed by atoms with Gasteiger partial charge in [0.05, 0.1) is 17.7 Å². The van der Waals surface area contributed by atoms with Gasteiger partial charge in [0.2, 0.25) is 0 Å². The summed E-state index contributed by atoms with van der Waals surface area (Å²) < 4.78 is 0. The van der Waals surface area contributed by atoms with E-state index < -0.39 is 0 Å². The van der Waals surface area contributed by atoms with Crippen molar-refractivity contribution in [3.05, 3.63) is 114 Å². The van der Waals surface area contributed by atoms with Gasteiger partial charge < -0.3 is 15.5 Å². The zero-order valence-corrected chi connectivity index (χ0v) is 20.1. The fourth-order valence-electron chi connectivity index (χ4n) is 4.70. The maximum absolute atomic E-state index is 13.3. The molecule has 0 radical (unpaired) electrons. The molecule has 3 heterocycles. The SMILES string of the molecule is Cc1nc2ccccc2c(Nc2ccc3c(c2)CN(c2cccc(Nc4ccncc4)c2)C3=O)c1C. The highest BCUT2D eigenvalue weighted by Crippen LogP contribution is 2.35. The van der Waals surface area contributed by atoms with E-state index in [1.54, 1.807) is 12.4 Å². The summed E-state index contributed by atoms with van der Waals surface area (Å²) in [6.45, 7) is 4.64. The van der Waals surface area contributed by atoms with Gasteiger partial charge in [-0.25, -0.2) is 0 Å². The lowest BCUT2D eigenvalue weighted by Crippen LogP contribution is -2.22. The van der Waals surface area contributed by atoms with E-state index in [1.165, 1.54) is 0 Å². The molecule has 36 heavy (non-hydrogen) atoms. The Kier molecular flexibility index (Phi) is 5.34. The van der Waals surface area contributed by atoms with Crippen LogP contribution in [0.1, 0.15) is 27.2 Å². The molecule has 0 saturated carbocycles. The number of nitrogens with one attached hydrogen (secondary N) is 2. The number of hydrogen-bond donors (Lipinski definition) is 2. The maximum atomic E-state index is 13.3. The van der Waals surface area contributed by atoms with Gasteiger partial charge in [-0.05, 0) is 79.6 Å². The zero-order valence-electron chi connectivity index (χ0n) is 20.1. The number of rotatable bonds is 5. The molecule has 6 heteroatoms. The van der Waals surface area contributed by atoms with Crippen molar-refractivity contribution in [2.75, 3.05) is 15.5 Å². The van der Waals surface area contributed by atoms with Crippen molar-refractivity contribution < 1.29 is 4.79 Å².